The number of hydrogen-bond donors (Lipinski definition) is 2. The molecule has 7 rings (SSSR count). The Morgan fingerprint density at radius 3 is 2.12 bits per heavy atom. The van der Waals surface area contributed by atoms with Gasteiger partial charge in [0.05, 0.1) is 28.4 Å². The van der Waals surface area contributed by atoms with Crippen LogP contribution in [0.25, 0.3) is 0 Å². The molecule has 0 spiro atoms. The van der Waals surface area contributed by atoms with Gasteiger partial charge in [0.15, 0.2) is 0 Å². The van der Waals surface area contributed by atoms with Crippen LogP contribution >= 0.6 is 0 Å². The lowest BCUT2D eigenvalue weighted by molar-refractivity contribution is 0.0356. The molecule has 0 bridgehead atoms. The number of H-pyrrole nitrogens is 1. The van der Waals surface area contributed by atoms with Gasteiger partial charge in [0.2, 0.25) is 5.56 Å². The summed E-state index contributed by atoms with van der Waals surface area (Å²) in [5.74, 6) is 0.484. The standard InChI is InChI=1S/C47H55N7O5/c1-6-41(47(4,5)42(7-2)59-38-15-10-34(28-48)31(3)26-38)50-44(56)33-8-11-35(12-9-33)52-20-18-32(19-21-52)30-51-22-24-53(25-23-51)36-13-16-39-40(27-36)46(58)54(45(39)57)37-14-17-43(55)49-29-37/h8-17,26-27,29,32,41-42H,6-7,18-25,30H2,1-5H3,(H,49,55)(H,50,56)/t41-,42-/m0/s1. The number of piperazine rings is 1. The molecule has 308 valence electrons. The van der Waals surface area contributed by atoms with Crippen molar-refractivity contribution in [3.63, 3.8) is 0 Å². The van der Waals surface area contributed by atoms with Crippen LogP contribution in [0.5, 0.6) is 5.75 Å². The molecule has 0 radical (unpaired) electrons. The van der Waals surface area contributed by atoms with E-state index in [0.29, 0.717) is 33.9 Å². The van der Waals surface area contributed by atoms with Crippen molar-refractivity contribution in [3.8, 4) is 11.8 Å². The highest BCUT2D eigenvalue weighted by atomic mass is 16.5. The number of benzene rings is 3. The maximum absolute atomic E-state index is 13.6. The fourth-order valence-corrected chi connectivity index (χ4v) is 8.99. The minimum atomic E-state index is -0.384. The zero-order valence-corrected chi connectivity index (χ0v) is 34.8. The van der Waals surface area contributed by atoms with E-state index in [9.17, 15) is 24.4 Å². The zero-order chi connectivity index (χ0) is 41.8. The first-order valence-electron chi connectivity index (χ1n) is 20.9. The van der Waals surface area contributed by atoms with Crippen molar-refractivity contribution in [2.45, 2.75) is 72.4 Å². The SMILES string of the molecule is CC[C@H](NC(=O)c1ccc(N2CCC(CN3CCN(c4ccc5c(c4)C(=O)N(c4ccc(=O)[nH]c4)C5=O)CC3)CC2)cc1)C(C)(C)[C@H](CC)Oc1ccc(C#N)c(C)c1. The fourth-order valence-electron chi connectivity index (χ4n) is 8.99. The molecule has 12 heteroatoms. The van der Waals surface area contributed by atoms with Crippen LogP contribution in [0.3, 0.4) is 0 Å². The number of carbonyl (C=O) groups excluding carboxylic acids is 3. The molecule has 3 aromatic carbocycles. The first-order chi connectivity index (χ1) is 28.4. The number of nitrogens with one attached hydrogen (secondary N) is 2. The van der Waals surface area contributed by atoms with Crippen molar-refractivity contribution in [2.75, 3.05) is 60.5 Å². The van der Waals surface area contributed by atoms with E-state index in [-0.39, 0.29) is 40.8 Å². The lowest BCUT2D eigenvalue weighted by Gasteiger charge is -2.40. The summed E-state index contributed by atoms with van der Waals surface area (Å²) in [5, 5.41) is 12.6. The summed E-state index contributed by atoms with van der Waals surface area (Å²) in [6.45, 7) is 16.9. The maximum atomic E-state index is 13.6. The van der Waals surface area contributed by atoms with Crippen LogP contribution < -0.4 is 30.3 Å². The molecule has 3 amide bonds. The van der Waals surface area contributed by atoms with Gasteiger partial charge in [0, 0.05) is 86.5 Å². The smallest absolute Gasteiger partial charge is 0.266 e. The lowest BCUT2D eigenvalue weighted by atomic mass is 9.76. The van der Waals surface area contributed by atoms with Crippen LogP contribution in [0.2, 0.25) is 0 Å². The molecule has 12 nitrogen and oxygen atoms in total. The Bertz CT molecular complexity index is 2260. The number of nitriles is 1. The molecule has 2 fully saturated rings. The minimum Gasteiger partial charge on any atom is -0.490 e. The summed E-state index contributed by atoms with van der Waals surface area (Å²) in [6, 6.07) is 23.9. The van der Waals surface area contributed by atoms with Crippen LogP contribution in [0.15, 0.2) is 83.8 Å². The summed E-state index contributed by atoms with van der Waals surface area (Å²) in [6.07, 6.45) is 4.98. The third-order valence-electron chi connectivity index (χ3n) is 12.7. The number of piperidine rings is 1. The number of anilines is 3. The molecule has 3 aliphatic heterocycles. The zero-order valence-electron chi connectivity index (χ0n) is 34.8. The number of fused-ring (bicyclic) bond motifs is 1. The molecule has 0 aliphatic carbocycles. The molecule has 2 atom stereocenters. The summed E-state index contributed by atoms with van der Waals surface area (Å²) in [5.41, 5.74) is 4.68. The van der Waals surface area contributed by atoms with Crippen molar-refractivity contribution in [1.82, 2.24) is 15.2 Å². The normalized spacial score (nSPS) is 17.4. The Hall–Kier alpha value is -5.93. The Labute approximate surface area is 346 Å². The molecule has 4 aromatic rings. The Balaban J connectivity index is 0.870. The quantitative estimate of drug-likeness (QED) is 0.140. The number of rotatable bonds is 13. The van der Waals surface area contributed by atoms with Crippen LogP contribution in [0.1, 0.15) is 95.6 Å². The number of carbonyl (C=O) groups is 3. The molecule has 2 N–H and O–H groups in total. The highest BCUT2D eigenvalue weighted by molar-refractivity contribution is 6.34. The number of amides is 3. The number of aromatic amines is 1. The Morgan fingerprint density at radius 2 is 1.49 bits per heavy atom. The van der Waals surface area contributed by atoms with Gasteiger partial charge in [-0.15, -0.1) is 0 Å². The minimum absolute atomic E-state index is 0.0895. The second kappa shape index (κ2) is 17.5. The van der Waals surface area contributed by atoms with E-state index >= 15 is 0 Å². The molecule has 0 saturated carbocycles. The van der Waals surface area contributed by atoms with Crippen molar-refractivity contribution >= 4 is 34.8 Å². The highest BCUT2D eigenvalue weighted by Crippen LogP contribution is 2.35. The summed E-state index contributed by atoms with van der Waals surface area (Å²) < 4.78 is 6.47. The van der Waals surface area contributed by atoms with E-state index in [0.717, 1.165) is 99.1 Å². The first kappa shape index (κ1) is 41.2. The van der Waals surface area contributed by atoms with Crippen LogP contribution in [-0.4, -0.2) is 85.6 Å². The van der Waals surface area contributed by atoms with Gasteiger partial charge in [0.1, 0.15) is 11.9 Å². The Kier molecular flexibility index (Phi) is 12.2. The topological polar surface area (TPSA) is 142 Å². The van der Waals surface area contributed by atoms with E-state index in [1.807, 2.05) is 43.3 Å². The van der Waals surface area contributed by atoms with Crippen LogP contribution in [-0.2, 0) is 0 Å². The van der Waals surface area contributed by atoms with E-state index in [1.54, 1.807) is 12.1 Å². The number of nitrogens with zero attached hydrogens (tertiary/aromatic N) is 5. The summed E-state index contributed by atoms with van der Waals surface area (Å²) in [4.78, 5) is 62.3. The molecular formula is C47H55N7O5. The number of aromatic nitrogens is 1. The van der Waals surface area contributed by atoms with Crippen molar-refractivity contribution in [1.29, 1.82) is 5.26 Å². The average molecular weight is 798 g/mol. The van der Waals surface area contributed by atoms with Gasteiger partial charge in [-0.3, -0.25) is 24.1 Å². The molecule has 0 unspecified atom stereocenters. The van der Waals surface area contributed by atoms with Gasteiger partial charge in [-0.25, -0.2) is 4.90 Å². The second-order valence-corrected chi connectivity index (χ2v) is 16.7. The third-order valence-corrected chi connectivity index (χ3v) is 12.7. The fraction of sp³-hybridized carbons (Fsp3) is 0.426. The molecular weight excluding hydrogens is 743 g/mol. The molecule has 1 aromatic heterocycles. The van der Waals surface area contributed by atoms with Crippen molar-refractivity contribution < 1.29 is 19.1 Å². The van der Waals surface area contributed by atoms with Gasteiger partial charge < -0.3 is 24.8 Å². The van der Waals surface area contributed by atoms with Crippen molar-refractivity contribution in [2.24, 2.45) is 11.3 Å². The van der Waals surface area contributed by atoms with E-state index in [4.69, 9.17) is 4.74 Å². The lowest BCUT2D eigenvalue weighted by Crippen LogP contribution is -2.51. The van der Waals surface area contributed by atoms with Crippen LogP contribution in [0, 0.1) is 29.6 Å². The maximum Gasteiger partial charge on any atom is 0.266 e. The second-order valence-electron chi connectivity index (χ2n) is 16.7. The first-order valence-corrected chi connectivity index (χ1v) is 20.9. The van der Waals surface area contributed by atoms with E-state index < -0.39 is 0 Å². The molecule has 2 saturated heterocycles. The third kappa shape index (κ3) is 8.76. The largest absolute Gasteiger partial charge is 0.490 e. The van der Waals surface area contributed by atoms with Gasteiger partial charge >= 0.3 is 0 Å². The monoisotopic (exact) mass is 797 g/mol. The number of hydrogen-bond acceptors (Lipinski definition) is 9. The number of imide groups is 1. The highest BCUT2D eigenvalue weighted by Gasteiger charge is 2.39. The predicted octanol–water partition coefficient (Wildman–Crippen LogP) is 6.79. The summed E-state index contributed by atoms with van der Waals surface area (Å²) in [7, 11) is 0. The average Bonchev–Trinajstić information content (AvgIpc) is 3.50. The van der Waals surface area contributed by atoms with E-state index in [2.05, 4.69) is 70.9 Å². The predicted molar refractivity (Wildman–Crippen MR) is 231 cm³/mol. The number of pyridine rings is 1. The molecule has 59 heavy (non-hydrogen) atoms. The molecule has 4 heterocycles. The van der Waals surface area contributed by atoms with Gasteiger partial charge in [0.25, 0.3) is 17.7 Å². The van der Waals surface area contributed by atoms with Gasteiger partial charge in [-0.2, -0.15) is 5.26 Å². The van der Waals surface area contributed by atoms with Gasteiger partial charge in [-0.05, 0) is 111 Å². The number of aryl methyl sites for hydroxylation is 1. The van der Waals surface area contributed by atoms with Crippen LogP contribution in [0.4, 0.5) is 17.1 Å². The number of ether oxygens (including phenoxy) is 1. The molecule has 3 aliphatic rings. The van der Waals surface area contributed by atoms with Crippen molar-refractivity contribution in [3.05, 3.63) is 117 Å². The summed E-state index contributed by atoms with van der Waals surface area (Å²) >= 11 is 0. The Morgan fingerprint density at radius 1 is 0.831 bits per heavy atom. The van der Waals surface area contributed by atoms with E-state index in [1.165, 1.54) is 18.3 Å². The van der Waals surface area contributed by atoms with Gasteiger partial charge in [-0.1, -0.05) is 27.7 Å².